The predicted octanol–water partition coefficient (Wildman–Crippen LogP) is 1.33. The number of carbonyl (C=O) groups excluding carboxylic acids is 1. The van der Waals surface area contributed by atoms with Gasteiger partial charge in [-0.1, -0.05) is 13.8 Å². The van der Waals surface area contributed by atoms with E-state index in [0.717, 1.165) is 5.56 Å². The highest BCUT2D eigenvalue weighted by Crippen LogP contribution is 2.22. The summed E-state index contributed by atoms with van der Waals surface area (Å²) in [6, 6.07) is 1.77. The molecule has 1 aromatic rings. The number of hydrogen-bond acceptors (Lipinski definition) is 4. The number of amides is 1. The molecule has 6 nitrogen and oxygen atoms in total. The number of rotatable bonds is 3. The topological polar surface area (TPSA) is 80.0 Å². The van der Waals surface area contributed by atoms with E-state index in [2.05, 4.69) is 0 Å². The van der Waals surface area contributed by atoms with Crippen LogP contribution in [0.25, 0.3) is 0 Å². The summed E-state index contributed by atoms with van der Waals surface area (Å²) in [5.41, 5.74) is 0.836. The van der Waals surface area contributed by atoms with Crippen molar-refractivity contribution in [3.05, 3.63) is 23.7 Å². The van der Waals surface area contributed by atoms with E-state index >= 15 is 0 Å². The fourth-order valence-electron chi connectivity index (χ4n) is 2.07. The van der Waals surface area contributed by atoms with Crippen molar-refractivity contribution in [2.45, 2.75) is 25.9 Å². The van der Waals surface area contributed by atoms with Crippen molar-refractivity contribution in [3.8, 4) is 0 Å². The van der Waals surface area contributed by atoms with E-state index in [0.29, 0.717) is 12.3 Å². The van der Waals surface area contributed by atoms with Gasteiger partial charge in [-0.05, 0) is 12.0 Å². The standard InChI is InChI=1S/C13H17NO5/c1-8(2)9-3-5-19-11(9)12(15)14-4-6-18-10(7-14)13(16)17/h3,5,8,10H,4,6-7H2,1-2H3,(H,16,17). The average molecular weight is 267 g/mol. The third kappa shape index (κ3) is 2.78. The number of carbonyl (C=O) groups is 2. The molecular formula is C13H17NO5. The quantitative estimate of drug-likeness (QED) is 0.893. The van der Waals surface area contributed by atoms with E-state index in [1.54, 1.807) is 6.07 Å². The Labute approximate surface area is 110 Å². The summed E-state index contributed by atoms with van der Waals surface area (Å²) >= 11 is 0. The lowest BCUT2D eigenvalue weighted by atomic mass is 10.0. The summed E-state index contributed by atoms with van der Waals surface area (Å²) in [5.74, 6) is -0.862. The van der Waals surface area contributed by atoms with Gasteiger partial charge in [-0.25, -0.2) is 4.79 Å². The first-order valence-electron chi connectivity index (χ1n) is 6.21. The van der Waals surface area contributed by atoms with Gasteiger partial charge in [0.1, 0.15) is 0 Å². The molecule has 2 heterocycles. The van der Waals surface area contributed by atoms with E-state index in [9.17, 15) is 9.59 Å². The number of morpholine rings is 1. The molecule has 1 amide bonds. The van der Waals surface area contributed by atoms with Gasteiger partial charge in [-0.3, -0.25) is 4.79 Å². The van der Waals surface area contributed by atoms with Gasteiger partial charge in [0.15, 0.2) is 11.9 Å². The largest absolute Gasteiger partial charge is 0.479 e. The Bertz CT molecular complexity index is 479. The van der Waals surface area contributed by atoms with Crippen LogP contribution in [0.4, 0.5) is 0 Å². The van der Waals surface area contributed by atoms with Crippen molar-refractivity contribution < 1.29 is 23.8 Å². The molecule has 19 heavy (non-hydrogen) atoms. The molecule has 0 saturated carbocycles. The van der Waals surface area contributed by atoms with Gasteiger partial charge < -0.3 is 19.2 Å². The average Bonchev–Trinajstić information content (AvgIpc) is 2.87. The molecule has 104 valence electrons. The van der Waals surface area contributed by atoms with Gasteiger partial charge in [0.2, 0.25) is 0 Å². The van der Waals surface area contributed by atoms with Crippen LogP contribution < -0.4 is 0 Å². The SMILES string of the molecule is CC(C)c1ccoc1C(=O)N1CCOC(C(=O)O)C1. The molecule has 1 saturated heterocycles. The molecule has 0 aromatic carbocycles. The minimum atomic E-state index is -1.05. The molecule has 2 rings (SSSR count). The number of aliphatic carboxylic acids is 1. The van der Waals surface area contributed by atoms with Gasteiger partial charge in [0.05, 0.1) is 19.4 Å². The molecule has 1 aliphatic rings. The molecule has 0 bridgehead atoms. The second-order valence-corrected chi connectivity index (χ2v) is 4.81. The van der Waals surface area contributed by atoms with Crippen molar-refractivity contribution in [3.63, 3.8) is 0 Å². The summed E-state index contributed by atoms with van der Waals surface area (Å²) in [6.45, 7) is 4.59. The summed E-state index contributed by atoms with van der Waals surface area (Å²) in [5, 5.41) is 8.92. The van der Waals surface area contributed by atoms with Gasteiger partial charge in [0, 0.05) is 12.1 Å². The van der Waals surface area contributed by atoms with Crippen LogP contribution in [0, 0.1) is 0 Å². The maximum absolute atomic E-state index is 12.3. The summed E-state index contributed by atoms with van der Waals surface area (Å²) in [7, 11) is 0. The van der Waals surface area contributed by atoms with Crippen molar-refractivity contribution in [2.75, 3.05) is 19.7 Å². The zero-order valence-corrected chi connectivity index (χ0v) is 11.0. The highest BCUT2D eigenvalue weighted by Gasteiger charge is 2.31. The van der Waals surface area contributed by atoms with Crippen LogP contribution in [-0.4, -0.2) is 47.7 Å². The molecule has 6 heteroatoms. The molecule has 1 aromatic heterocycles. The Kier molecular flexibility index (Phi) is 3.90. The van der Waals surface area contributed by atoms with Crippen LogP contribution in [0.3, 0.4) is 0 Å². The zero-order valence-electron chi connectivity index (χ0n) is 11.0. The minimum absolute atomic E-state index is 0.0480. The van der Waals surface area contributed by atoms with Gasteiger partial charge in [0.25, 0.3) is 5.91 Å². The number of furan rings is 1. The Morgan fingerprint density at radius 3 is 2.84 bits per heavy atom. The molecule has 1 atom stereocenters. The second kappa shape index (κ2) is 5.44. The molecule has 1 fully saturated rings. The van der Waals surface area contributed by atoms with Crippen LogP contribution in [0.1, 0.15) is 35.9 Å². The van der Waals surface area contributed by atoms with Crippen LogP contribution in [0.5, 0.6) is 0 Å². The lowest BCUT2D eigenvalue weighted by molar-refractivity contribution is -0.154. The number of carboxylic acids is 1. The number of hydrogen-bond donors (Lipinski definition) is 1. The lowest BCUT2D eigenvalue weighted by Gasteiger charge is -2.30. The van der Waals surface area contributed by atoms with Crippen LogP contribution in [-0.2, 0) is 9.53 Å². The Hall–Kier alpha value is -1.82. The van der Waals surface area contributed by atoms with E-state index in [4.69, 9.17) is 14.3 Å². The van der Waals surface area contributed by atoms with Gasteiger partial charge in [-0.2, -0.15) is 0 Å². The van der Waals surface area contributed by atoms with Crippen LogP contribution >= 0.6 is 0 Å². The highest BCUT2D eigenvalue weighted by molar-refractivity contribution is 5.93. The van der Waals surface area contributed by atoms with Crippen molar-refractivity contribution in [1.29, 1.82) is 0 Å². The third-order valence-electron chi connectivity index (χ3n) is 3.14. The monoisotopic (exact) mass is 267 g/mol. The van der Waals surface area contributed by atoms with Gasteiger partial charge in [-0.15, -0.1) is 0 Å². The third-order valence-corrected chi connectivity index (χ3v) is 3.14. The molecule has 0 aliphatic carbocycles. The van der Waals surface area contributed by atoms with Crippen molar-refractivity contribution >= 4 is 11.9 Å². The van der Waals surface area contributed by atoms with E-state index in [1.807, 2.05) is 13.8 Å². The van der Waals surface area contributed by atoms with E-state index in [1.165, 1.54) is 11.2 Å². The molecule has 1 unspecified atom stereocenters. The van der Waals surface area contributed by atoms with Crippen molar-refractivity contribution in [2.24, 2.45) is 0 Å². The maximum Gasteiger partial charge on any atom is 0.334 e. The second-order valence-electron chi connectivity index (χ2n) is 4.81. The molecule has 1 aliphatic heterocycles. The predicted molar refractivity (Wildman–Crippen MR) is 66.1 cm³/mol. The summed E-state index contributed by atoms with van der Waals surface area (Å²) in [6.07, 6.45) is 0.521. The first-order chi connectivity index (χ1) is 9.00. The first-order valence-corrected chi connectivity index (χ1v) is 6.21. The Balaban J connectivity index is 2.15. The smallest absolute Gasteiger partial charge is 0.334 e. The van der Waals surface area contributed by atoms with Crippen LogP contribution in [0.2, 0.25) is 0 Å². The fourth-order valence-corrected chi connectivity index (χ4v) is 2.07. The fraction of sp³-hybridized carbons (Fsp3) is 0.538. The van der Waals surface area contributed by atoms with Crippen molar-refractivity contribution in [1.82, 2.24) is 4.90 Å². The van der Waals surface area contributed by atoms with E-state index < -0.39 is 12.1 Å². The van der Waals surface area contributed by atoms with Crippen LogP contribution in [0.15, 0.2) is 16.7 Å². The normalized spacial score (nSPS) is 19.7. The van der Waals surface area contributed by atoms with E-state index in [-0.39, 0.29) is 25.0 Å². The molecular weight excluding hydrogens is 250 g/mol. The lowest BCUT2D eigenvalue weighted by Crippen LogP contribution is -2.48. The number of carboxylic acid groups (broad SMARTS) is 1. The summed E-state index contributed by atoms with van der Waals surface area (Å²) < 4.78 is 10.3. The summed E-state index contributed by atoms with van der Waals surface area (Å²) in [4.78, 5) is 24.7. The highest BCUT2D eigenvalue weighted by atomic mass is 16.5. The molecule has 0 spiro atoms. The molecule has 0 radical (unpaired) electrons. The number of ether oxygens (including phenoxy) is 1. The minimum Gasteiger partial charge on any atom is -0.479 e. The number of nitrogens with zero attached hydrogens (tertiary/aromatic N) is 1. The zero-order chi connectivity index (χ0) is 14.0. The first kappa shape index (κ1) is 13.6. The van der Waals surface area contributed by atoms with Gasteiger partial charge >= 0.3 is 5.97 Å². The Morgan fingerprint density at radius 2 is 2.21 bits per heavy atom. The maximum atomic E-state index is 12.3. The molecule has 1 N–H and O–H groups in total. The Morgan fingerprint density at radius 1 is 1.47 bits per heavy atom.